The summed E-state index contributed by atoms with van der Waals surface area (Å²) >= 11 is 12.0. The van der Waals surface area contributed by atoms with E-state index in [1.807, 2.05) is 0 Å². The average Bonchev–Trinajstić information content (AvgIpc) is 3.03. The number of para-hydroxylation sites is 1. The van der Waals surface area contributed by atoms with Crippen molar-refractivity contribution in [3.05, 3.63) is 82.3 Å². The zero-order valence-corrected chi connectivity index (χ0v) is 14.3. The van der Waals surface area contributed by atoms with Gasteiger partial charge in [-0.2, -0.15) is 0 Å². The van der Waals surface area contributed by atoms with E-state index in [-0.39, 0.29) is 5.69 Å². The van der Waals surface area contributed by atoms with Crippen molar-refractivity contribution in [2.24, 2.45) is 0 Å². The number of carbonyl (C=O) groups excluding carboxylic acids is 1. The van der Waals surface area contributed by atoms with Gasteiger partial charge in [0, 0.05) is 21.7 Å². The minimum Gasteiger partial charge on any atom is -0.457 e. The van der Waals surface area contributed by atoms with E-state index in [0.717, 1.165) is 5.56 Å². The van der Waals surface area contributed by atoms with Gasteiger partial charge >= 0.3 is 0 Å². The molecular formula is C19H12Cl2FNO2. The highest BCUT2D eigenvalue weighted by atomic mass is 35.5. The van der Waals surface area contributed by atoms with Crippen molar-refractivity contribution in [2.45, 2.75) is 0 Å². The highest BCUT2D eigenvalue weighted by Gasteiger charge is 2.07. The van der Waals surface area contributed by atoms with Crippen molar-refractivity contribution in [1.29, 1.82) is 0 Å². The largest absolute Gasteiger partial charge is 0.457 e. The summed E-state index contributed by atoms with van der Waals surface area (Å²) in [6.07, 6.45) is 2.76. The van der Waals surface area contributed by atoms with Crippen LogP contribution in [-0.4, -0.2) is 5.91 Å². The van der Waals surface area contributed by atoms with Gasteiger partial charge in [0.25, 0.3) is 0 Å². The molecule has 1 amide bonds. The number of furan rings is 1. The molecule has 1 N–H and O–H groups in total. The minimum atomic E-state index is -0.498. The molecule has 3 nitrogen and oxygen atoms in total. The predicted octanol–water partition coefficient (Wildman–Crippen LogP) is 6.04. The van der Waals surface area contributed by atoms with Crippen LogP contribution >= 0.6 is 23.2 Å². The number of carbonyl (C=O) groups is 1. The monoisotopic (exact) mass is 375 g/mol. The first-order chi connectivity index (χ1) is 12.0. The fourth-order valence-electron chi connectivity index (χ4n) is 2.19. The minimum absolute atomic E-state index is 0.117. The van der Waals surface area contributed by atoms with E-state index < -0.39 is 11.7 Å². The maximum absolute atomic E-state index is 13.5. The van der Waals surface area contributed by atoms with Crippen molar-refractivity contribution in [2.75, 3.05) is 5.32 Å². The van der Waals surface area contributed by atoms with Crippen molar-refractivity contribution in [3.8, 4) is 11.3 Å². The summed E-state index contributed by atoms with van der Waals surface area (Å²) in [7, 11) is 0. The van der Waals surface area contributed by atoms with Crippen molar-refractivity contribution < 1.29 is 13.6 Å². The van der Waals surface area contributed by atoms with E-state index >= 15 is 0 Å². The molecule has 0 atom stereocenters. The Labute approximate surface area is 153 Å². The molecule has 6 heteroatoms. The molecule has 1 heterocycles. The van der Waals surface area contributed by atoms with Gasteiger partial charge in [0.15, 0.2) is 0 Å². The molecule has 2 aromatic carbocycles. The number of hydrogen-bond acceptors (Lipinski definition) is 2. The van der Waals surface area contributed by atoms with Gasteiger partial charge in [-0.05, 0) is 48.5 Å². The topological polar surface area (TPSA) is 42.2 Å². The first-order valence-corrected chi connectivity index (χ1v) is 8.07. The number of rotatable bonds is 4. The predicted molar refractivity (Wildman–Crippen MR) is 98.2 cm³/mol. The van der Waals surface area contributed by atoms with Crippen LogP contribution in [0.3, 0.4) is 0 Å². The summed E-state index contributed by atoms with van der Waals surface area (Å²) in [6, 6.07) is 14.5. The van der Waals surface area contributed by atoms with Crippen LogP contribution in [0, 0.1) is 5.82 Å². The second-order valence-electron chi connectivity index (χ2n) is 5.16. The maximum atomic E-state index is 13.5. The molecule has 0 saturated heterocycles. The number of nitrogens with one attached hydrogen (secondary N) is 1. The summed E-state index contributed by atoms with van der Waals surface area (Å²) in [5.74, 6) is 0.0737. The van der Waals surface area contributed by atoms with Gasteiger partial charge in [0.1, 0.15) is 17.3 Å². The number of amides is 1. The van der Waals surface area contributed by atoms with Crippen LogP contribution in [0.1, 0.15) is 5.76 Å². The van der Waals surface area contributed by atoms with E-state index in [9.17, 15) is 9.18 Å². The molecule has 0 radical (unpaired) electrons. The normalized spacial score (nSPS) is 11.0. The Morgan fingerprint density at radius 1 is 1.04 bits per heavy atom. The van der Waals surface area contributed by atoms with E-state index in [4.69, 9.17) is 27.6 Å². The molecule has 126 valence electrons. The molecule has 0 spiro atoms. The van der Waals surface area contributed by atoms with Gasteiger partial charge in [0.2, 0.25) is 5.91 Å². The van der Waals surface area contributed by atoms with E-state index in [0.29, 0.717) is 21.6 Å². The van der Waals surface area contributed by atoms with Gasteiger partial charge < -0.3 is 9.73 Å². The van der Waals surface area contributed by atoms with Crippen molar-refractivity contribution in [3.63, 3.8) is 0 Å². The van der Waals surface area contributed by atoms with E-state index in [2.05, 4.69) is 5.32 Å². The Kier molecular flexibility index (Phi) is 5.22. The third kappa shape index (κ3) is 4.50. The van der Waals surface area contributed by atoms with E-state index in [1.165, 1.54) is 24.3 Å². The smallest absolute Gasteiger partial charge is 0.248 e. The van der Waals surface area contributed by atoms with Crippen LogP contribution in [0.2, 0.25) is 10.0 Å². The number of benzene rings is 2. The van der Waals surface area contributed by atoms with Crippen LogP contribution in [0.4, 0.5) is 10.1 Å². The molecule has 0 fully saturated rings. The number of hydrogen-bond donors (Lipinski definition) is 1. The molecule has 1 aromatic heterocycles. The number of anilines is 1. The summed E-state index contributed by atoms with van der Waals surface area (Å²) < 4.78 is 19.1. The maximum Gasteiger partial charge on any atom is 0.248 e. The van der Waals surface area contributed by atoms with Crippen molar-refractivity contribution >= 4 is 40.9 Å². The van der Waals surface area contributed by atoms with E-state index in [1.54, 1.807) is 42.5 Å². The SMILES string of the molecule is O=C(/C=C/c1ccc(-c2cc(Cl)cc(Cl)c2)o1)Nc1ccccc1F. The molecule has 0 aliphatic heterocycles. The fourth-order valence-corrected chi connectivity index (χ4v) is 2.71. The molecule has 0 aliphatic carbocycles. The third-order valence-electron chi connectivity index (χ3n) is 3.30. The number of halogens is 3. The highest BCUT2D eigenvalue weighted by Crippen LogP contribution is 2.28. The van der Waals surface area contributed by atoms with Gasteiger partial charge in [-0.1, -0.05) is 35.3 Å². The Bertz CT molecular complexity index is 930. The Morgan fingerprint density at radius 3 is 2.48 bits per heavy atom. The first-order valence-electron chi connectivity index (χ1n) is 7.31. The summed E-state index contributed by atoms with van der Waals surface area (Å²) in [5.41, 5.74) is 0.846. The Morgan fingerprint density at radius 2 is 1.76 bits per heavy atom. The summed E-state index contributed by atoms with van der Waals surface area (Å²) in [5, 5.41) is 3.46. The summed E-state index contributed by atoms with van der Waals surface area (Å²) in [4.78, 5) is 11.9. The van der Waals surface area contributed by atoms with Crippen molar-refractivity contribution in [1.82, 2.24) is 0 Å². The molecule has 0 bridgehead atoms. The van der Waals surface area contributed by atoms with Gasteiger partial charge in [-0.15, -0.1) is 0 Å². The van der Waals surface area contributed by atoms with Gasteiger partial charge in [-0.3, -0.25) is 4.79 Å². The lowest BCUT2D eigenvalue weighted by molar-refractivity contribution is -0.111. The standard InChI is InChI=1S/C19H12Cl2FNO2/c20-13-9-12(10-14(21)11-13)18-7-5-15(25-18)6-8-19(24)23-17-4-2-1-3-16(17)22/h1-11H,(H,23,24)/b8-6+. The molecular weight excluding hydrogens is 364 g/mol. The van der Waals surface area contributed by atoms with Crippen LogP contribution in [0.15, 0.2) is 65.1 Å². The lowest BCUT2D eigenvalue weighted by atomic mass is 10.2. The average molecular weight is 376 g/mol. The zero-order chi connectivity index (χ0) is 17.8. The molecule has 0 saturated carbocycles. The molecule has 3 aromatic rings. The third-order valence-corrected chi connectivity index (χ3v) is 3.74. The van der Waals surface area contributed by atoms with Crippen LogP contribution < -0.4 is 5.32 Å². The van der Waals surface area contributed by atoms with Gasteiger partial charge in [-0.25, -0.2) is 4.39 Å². The lowest BCUT2D eigenvalue weighted by Gasteiger charge is -2.02. The second kappa shape index (κ2) is 7.55. The van der Waals surface area contributed by atoms with Crippen LogP contribution in [0.5, 0.6) is 0 Å². The van der Waals surface area contributed by atoms with Crippen LogP contribution in [-0.2, 0) is 4.79 Å². The molecule has 0 aliphatic rings. The zero-order valence-electron chi connectivity index (χ0n) is 12.8. The fraction of sp³-hybridized carbons (Fsp3) is 0. The Balaban J connectivity index is 1.71. The molecule has 0 unspecified atom stereocenters. The quantitative estimate of drug-likeness (QED) is 0.564. The molecule has 3 rings (SSSR count). The van der Waals surface area contributed by atoms with Gasteiger partial charge in [0.05, 0.1) is 5.69 Å². The second-order valence-corrected chi connectivity index (χ2v) is 6.04. The van der Waals surface area contributed by atoms with Crippen LogP contribution in [0.25, 0.3) is 17.4 Å². The summed E-state index contributed by atoms with van der Waals surface area (Å²) in [6.45, 7) is 0. The molecule has 25 heavy (non-hydrogen) atoms. The lowest BCUT2D eigenvalue weighted by Crippen LogP contribution is -2.08. The highest BCUT2D eigenvalue weighted by molar-refractivity contribution is 6.35. The first kappa shape index (κ1) is 17.3. The Hall–Kier alpha value is -2.56.